The van der Waals surface area contributed by atoms with Crippen LogP contribution in [0.3, 0.4) is 0 Å². The van der Waals surface area contributed by atoms with Crippen molar-refractivity contribution in [3.8, 4) is 17.2 Å². The summed E-state index contributed by atoms with van der Waals surface area (Å²) < 4.78 is 1.46. The van der Waals surface area contributed by atoms with Crippen LogP contribution in [0.25, 0.3) is 11.1 Å². The zero-order chi connectivity index (χ0) is 15.4. The summed E-state index contributed by atoms with van der Waals surface area (Å²) in [5.41, 5.74) is 2.67. The molecule has 22 heavy (non-hydrogen) atoms. The minimum Gasteiger partial charge on any atom is -0.292 e. The third-order valence-electron chi connectivity index (χ3n) is 3.42. The summed E-state index contributed by atoms with van der Waals surface area (Å²) in [5, 5.41) is 13.6. The van der Waals surface area contributed by atoms with Crippen molar-refractivity contribution in [2.24, 2.45) is 0 Å². The average molecular weight is 287 g/mol. The molecule has 0 atom stereocenters. The van der Waals surface area contributed by atoms with Crippen LogP contribution in [-0.2, 0) is 6.54 Å². The van der Waals surface area contributed by atoms with E-state index in [-0.39, 0.29) is 12.3 Å². The number of ketones is 1. The van der Waals surface area contributed by atoms with Crippen LogP contribution in [0.4, 0.5) is 0 Å². The Morgan fingerprint density at radius 2 is 1.68 bits per heavy atom. The molecule has 3 aromatic rings. The predicted molar refractivity (Wildman–Crippen MR) is 83.2 cm³/mol. The Bertz CT molecular complexity index is 830. The largest absolute Gasteiger partial charge is 0.292 e. The van der Waals surface area contributed by atoms with Crippen molar-refractivity contribution in [3.63, 3.8) is 0 Å². The highest BCUT2D eigenvalue weighted by molar-refractivity contribution is 5.96. The first kappa shape index (κ1) is 13.8. The monoisotopic (exact) mass is 287 g/mol. The van der Waals surface area contributed by atoms with Crippen LogP contribution < -0.4 is 0 Å². The number of nitrogens with zero attached hydrogens (tertiary/aromatic N) is 3. The van der Waals surface area contributed by atoms with Crippen LogP contribution in [0, 0.1) is 11.3 Å². The van der Waals surface area contributed by atoms with Crippen molar-refractivity contribution < 1.29 is 4.79 Å². The maximum atomic E-state index is 12.3. The first-order chi connectivity index (χ1) is 10.8. The topological polar surface area (TPSA) is 58.7 Å². The van der Waals surface area contributed by atoms with Gasteiger partial charge in [0, 0.05) is 11.1 Å². The summed E-state index contributed by atoms with van der Waals surface area (Å²) in [6.07, 6.45) is 1.63. The quantitative estimate of drug-likeness (QED) is 0.692. The Morgan fingerprint density at radius 3 is 2.32 bits per heavy atom. The van der Waals surface area contributed by atoms with Crippen LogP contribution in [0.15, 0.2) is 66.9 Å². The molecule has 0 saturated heterocycles. The Hall–Kier alpha value is -3.19. The van der Waals surface area contributed by atoms with Crippen molar-refractivity contribution in [3.05, 3.63) is 78.1 Å². The Kier molecular flexibility index (Phi) is 3.80. The van der Waals surface area contributed by atoms with Gasteiger partial charge < -0.3 is 0 Å². The van der Waals surface area contributed by atoms with E-state index in [0.717, 1.165) is 11.1 Å². The molecule has 106 valence electrons. The summed E-state index contributed by atoms with van der Waals surface area (Å²) in [7, 11) is 0. The van der Waals surface area contributed by atoms with Crippen molar-refractivity contribution in [2.45, 2.75) is 6.54 Å². The van der Waals surface area contributed by atoms with Gasteiger partial charge in [-0.2, -0.15) is 10.4 Å². The SMILES string of the molecule is N#Cc1c(-c2ccccc2)cnn1CC(=O)c1ccccc1. The summed E-state index contributed by atoms with van der Waals surface area (Å²) in [6.45, 7) is 0.0553. The van der Waals surface area contributed by atoms with Crippen molar-refractivity contribution >= 4 is 5.78 Å². The molecule has 0 aliphatic heterocycles. The summed E-state index contributed by atoms with van der Waals surface area (Å²) in [4.78, 5) is 12.3. The van der Waals surface area contributed by atoms with Crippen molar-refractivity contribution in [1.82, 2.24) is 9.78 Å². The van der Waals surface area contributed by atoms with E-state index < -0.39 is 0 Å². The van der Waals surface area contributed by atoms with E-state index in [4.69, 9.17) is 0 Å². The van der Waals surface area contributed by atoms with E-state index in [2.05, 4.69) is 11.2 Å². The minimum atomic E-state index is -0.0696. The molecule has 0 N–H and O–H groups in total. The minimum absolute atomic E-state index is 0.0553. The second-order valence-electron chi connectivity index (χ2n) is 4.83. The molecule has 0 aliphatic rings. The maximum Gasteiger partial charge on any atom is 0.184 e. The standard InChI is InChI=1S/C18H13N3O/c19-11-17-16(14-7-3-1-4-8-14)12-20-21(17)13-18(22)15-9-5-2-6-10-15/h1-10,12H,13H2. The Morgan fingerprint density at radius 1 is 1.05 bits per heavy atom. The molecule has 0 radical (unpaired) electrons. The first-order valence-corrected chi connectivity index (χ1v) is 6.89. The fraction of sp³-hybridized carbons (Fsp3) is 0.0556. The second-order valence-corrected chi connectivity index (χ2v) is 4.83. The van der Waals surface area contributed by atoms with Gasteiger partial charge in [-0.3, -0.25) is 4.79 Å². The van der Waals surface area contributed by atoms with Crippen LogP contribution >= 0.6 is 0 Å². The number of rotatable bonds is 4. The number of Topliss-reactive ketones (excluding diaryl/α,β-unsaturated/α-hetero) is 1. The number of carbonyl (C=O) groups excluding carboxylic acids is 1. The zero-order valence-electron chi connectivity index (χ0n) is 11.8. The Labute approximate surface area is 128 Å². The molecule has 0 spiro atoms. The zero-order valence-corrected chi connectivity index (χ0v) is 11.8. The van der Waals surface area contributed by atoms with E-state index in [1.54, 1.807) is 18.3 Å². The van der Waals surface area contributed by atoms with E-state index in [1.165, 1.54) is 4.68 Å². The van der Waals surface area contributed by atoms with E-state index >= 15 is 0 Å². The third-order valence-corrected chi connectivity index (χ3v) is 3.42. The van der Waals surface area contributed by atoms with Gasteiger partial charge in [-0.15, -0.1) is 0 Å². The summed E-state index contributed by atoms with van der Waals surface area (Å²) in [5.74, 6) is -0.0696. The normalized spacial score (nSPS) is 10.1. The average Bonchev–Trinajstić information content (AvgIpc) is 2.99. The van der Waals surface area contributed by atoms with Gasteiger partial charge in [0.15, 0.2) is 5.78 Å². The fourth-order valence-corrected chi connectivity index (χ4v) is 2.30. The molecule has 0 aliphatic carbocycles. The lowest BCUT2D eigenvalue weighted by atomic mass is 10.1. The predicted octanol–water partition coefficient (Wildman–Crippen LogP) is 3.30. The molecular formula is C18H13N3O. The highest BCUT2D eigenvalue weighted by atomic mass is 16.1. The van der Waals surface area contributed by atoms with Gasteiger partial charge in [0.25, 0.3) is 0 Å². The van der Waals surface area contributed by atoms with Gasteiger partial charge in [0.1, 0.15) is 18.3 Å². The molecule has 4 nitrogen and oxygen atoms in total. The number of carbonyl (C=O) groups is 1. The van der Waals surface area contributed by atoms with E-state index in [0.29, 0.717) is 11.3 Å². The fourth-order valence-electron chi connectivity index (χ4n) is 2.30. The number of hydrogen-bond acceptors (Lipinski definition) is 3. The molecule has 2 aromatic carbocycles. The van der Waals surface area contributed by atoms with Gasteiger partial charge in [-0.05, 0) is 5.56 Å². The van der Waals surface area contributed by atoms with Gasteiger partial charge >= 0.3 is 0 Å². The number of aromatic nitrogens is 2. The lowest BCUT2D eigenvalue weighted by molar-refractivity contribution is 0.0967. The lowest BCUT2D eigenvalue weighted by Gasteiger charge is -2.04. The van der Waals surface area contributed by atoms with Gasteiger partial charge in [-0.25, -0.2) is 4.68 Å². The molecule has 3 rings (SSSR count). The van der Waals surface area contributed by atoms with Crippen molar-refractivity contribution in [1.29, 1.82) is 5.26 Å². The van der Waals surface area contributed by atoms with Crippen molar-refractivity contribution in [2.75, 3.05) is 0 Å². The first-order valence-electron chi connectivity index (χ1n) is 6.89. The second kappa shape index (κ2) is 6.06. The van der Waals surface area contributed by atoms with E-state index in [1.807, 2.05) is 48.5 Å². The molecule has 1 aromatic heterocycles. The lowest BCUT2D eigenvalue weighted by Crippen LogP contribution is -2.13. The summed E-state index contributed by atoms with van der Waals surface area (Å²) in [6, 6.07) is 20.7. The number of nitriles is 1. The van der Waals surface area contributed by atoms with Gasteiger partial charge in [-0.1, -0.05) is 60.7 Å². The van der Waals surface area contributed by atoms with Crippen LogP contribution in [-0.4, -0.2) is 15.6 Å². The molecule has 0 bridgehead atoms. The van der Waals surface area contributed by atoms with Gasteiger partial charge in [0.05, 0.1) is 6.20 Å². The highest BCUT2D eigenvalue weighted by Gasteiger charge is 2.15. The Balaban J connectivity index is 1.92. The van der Waals surface area contributed by atoms with Crippen LogP contribution in [0.1, 0.15) is 16.1 Å². The molecule has 0 fully saturated rings. The van der Waals surface area contributed by atoms with Crippen LogP contribution in [0.2, 0.25) is 0 Å². The van der Waals surface area contributed by atoms with Gasteiger partial charge in [0.2, 0.25) is 0 Å². The molecule has 0 unspecified atom stereocenters. The number of benzene rings is 2. The summed E-state index contributed by atoms with van der Waals surface area (Å²) >= 11 is 0. The molecule has 0 saturated carbocycles. The maximum absolute atomic E-state index is 12.3. The number of hydrogen-bond donors (Lipinski definition) is 0. The molecular weight excluding hydrogens is 274 g/mol. The van der Waals surface area contributed by atoms with E-state index in [9.17, 15) is 10.1 Å². The smallest absolute Gasteiger partial charge is 0.184 e. The molecule has 4 heteroatoms. The molecule has 0 amide bonds. The van der Waals surface area contributed by atoms with Crippen LogP contribution in [0.5, 0.6) is 0 Å². The molecule has 1 heterocycles. The third kappa shape index (κ3) is 2.65. The highest BCUT2D eigenvalue weighted by Crippen LogP contribution is 2.22.